The Balaban J connectivity index is 1.48. The van der Waals surface area contributed by atoms with Gasteiger partial charge in [0.15, 0.2) is 0 Å². The van der Waals surface area contributed by atoms with Crippen molar-refractivity contribution in [3.8, 4) is 0 Å². The molecule has 0 bridgehead atoms. The summed E-state index contributed by atoms with van der Waals surface area (Å²) in [5.74, 6) is 2.41. The zero-order valence-electron chi connectivity index (χ0n) is 16.1. The van der Waals surface area contributed by atoms with Crippen molar-refractivity contribution in [3.05, 3.63) is 45.3 Å². The molecule has 1 saturated heterocycles. The fraction of sp³-hybridized carbons (Fsp3) is 0.600. The molecule has 2 aliphatic rings. The molecule has 26 heavy (non-hydrogen) atoms. The van der Waals surface area contributed by atoms with E-state index in [0.717, 1.165) is 43.3 Å². The second-order valence-corrected chi connectivity index (χ2v) is 8.63. The van der Waals surface area contributed by atoms with E-state index in [4.69, 9.17) is 4.98 Å². The van der Waals surface area contributed by atoms with Crippen LogP contribution in [0.3, 0.4) is 0 Å². The Labute approximate surface area is 154 Å². The van der Waals surface area contributed by atoms with E-state index in [-0.39, 0.29) is 11.0 Å². The summed E-state index contributed by atoms with van der Waals surface area (Å²) >= 11 is 0. The van der Waals surface area contributed by atoms with Gasteiger partial charge >= 0.3 is 0 Å². The molecule has 3 heterocycles. The summed E-state index contributed by atoms with van der Waals surface area (Å²) in [5.41, 5.74) is 3.44. The minimum atomic E-state index is -0.0554. The zero-order chi connectivity index (χ0) is 18.5. The Morgan fingerprint density at radius 3 is 2.65 bits per heavy atom. The second kappa shape index (κ2) is 6.18. The average molecular weight is 353 g/mol. The molecule has 1 aliphatic heterocycles. The molecule has 1 fully saturated rings. The molecule has 0 atom stereocenters. The third-order valence-electron chi connectivity index (χ3n) is 5.35. The molecule has 138 valence electrons. The van der Waals surface area contributed by atoms with Gasteiger partial charge in [-0.2, -0.15) is 5.10 Å². The predicted molar refractivity (Wildman–Crippen MR) is 102 cm³/mol. The van der Waals surface area contributed by atoms with E-state index >= 15 is 0 Å². The van der Waals surface area contributed by atoms with Crippen LogP contribution in [-0.2, 0) is 24.8 Å². The van der Waals surface area contributed by atoms with Crippen molar-refractivity contribution in [1.29, 1.82) is 0 Å². The molecule has 0 spiro atoms. The van der Waals surface area contributed by atoms with Crippen molar-refractivity contribution >= 4 is 5.82 Å². The molecular weight excluding hydrogens is 326 g/mol. The van der Waals surface area contributed by atoms with Crippen molar-refractivity contribution in [2.45, 2.75) is 58.9 Å². The molecule has 0 radical (unpaired) electrons. The van der Waals surface area contributed by atoms with E-state index < -0.39 is 0 Å². The number of aryl methyl sites for hydroxylation is 2. The lowest BCUT2D eigenvalue weighted by Gasteiger charge is -2.41. The van der Waals surface area contributed by atoms with Gasteiger partial charge in [-0.3, -0.25) is 4.79 Å². The summed E-state index contributed by atoms with van der Waals surface area (Å²) in [6.07, 6.45) is 3.33. The maximum atomic E-state index is 12.2. The first kappa shape index (κ1) is 17.2. The van der Waals surface area contributed by atoms with Crippen LogP contribution in [0.5, 0.6) is 0 Å². The van der Waals surface area contributed by atoms with Gasteiger partial charge in [0.25, 0.3) is 5.56 Å². The molecule has 0 saturated carbocycles. The number of hydrogen-bond acceptors (Lipinski definition) is 5. The molecular formula is C20H27N5O. The quantitative estimate of drug-likeness (QED) is 0.847. The minimum absolute atomic E-state index is 0.0183. The number of hydrogen-bond donors (Lipinski definition) is 0. The number of nitrogens with zero attached hydrogens (tertiary/aromatic N) is 5. The van der Waals surface area contributed by atoms with Crippen molar-refractivity contribution in [3.63, 3.8) is 0 Å². The van der Waals surface area contributed by atoms with Crippen LogP contribution < -0.4 is 10.5 Å². The van der Waals surface area contributed by atoms with Crippen LogP contribution in [0.15, 0.2) is 16.9 Å². The third-order valence-corrected chi connectivity index (χ3v) is 5.35. The van der Waals surface area contributed by atoms with Crippen molar-refractivity contribution in [1.82, 2.24) is 19.7 Å². The van der Waals surface area contributed by atoms with Crippen molar-refractivity contribution in [2.24, 2.45) is 5.92 Å². The summed E-state index contributed by atoms with van der Waals surface area (Å²) in [5, 5.41) is 4.60. The van der Waals surface area contributed by atoms with Crippen LogP contribution in [0.25, 0.3) is 0 Å². The molecule has 0 N–H and O–H groups in total. The summed E-state index contributed by atoms with van der Waals surface area (Å²) < 4.78 is 1.64. The van der Waals surface area contributed by atoms with Gasteiger partial charge in [-0.25, -0.2) is 14.6 Å². The Bertz CT molecular complexity index is 890. The topological polar surface area (TPSA) is 63.9 Å². The number of anilines is 1. The molecule has 0 aromatic carbocycles. The lowest BCUT2D eigenvalue weighted by Crippen LogP contribution is -2.50. The first-order valence-corrected chi connectivity index (χ1v) is 9.51. The van der Waals surface area contributed by atoms with Gasteiger partial charge < -0.3 is 4.90 Å². The number of aromatic nitrogens is 4. The number of rotatable bonds is 3. The summed E-state index contributed by atoms with van der Waals surface area (Å²) in [6, 6.07) is 3.49. The maximum Gasteiger partial charge on any atom is 0.266 e. The molecule has 2 aromatic heterocycles. The summed E-state index contributed by atoms with van der Waals surface area (Å²) in [6.45, 7) is 10.9. The minimum Gasteiger partial charge on any atom is -0.355 e. The predicted octanol–water partition coefficient (Wildman–Crippen LogP) is 2.26. The molecule has 6 heteroatoms. The molecule has 4 rings (SSSR count). The van der Waals surface area contributed by atoms with Crippen LogP contribution in [0.4, 0.5) is 5.82 Å². The number of fused-ring (bicyclic) bond motifs is 1. The van der Waals surface area contributed by atoms with Crippen molar-refractivity contribution in [2.75, 3.05) is 18.0 Å². The van der Waals surface area contributed by atoms with Crippen LogP contribution in [0, 0.1) is 12.8 Å². The standard InChI is InChI=1S/C20H27N5O/c1-13-21-16-7-5-6-15(16)19(22-13)24-10-14(11-24)12-25-18(26)9-8-17(23-25)20(2,3)4/h8-9,14H,5-7,10-12H2,1-4H3. The average Bonchev–Trinajstić information content (AvgIpc) is 2.98. The highest BCUT2D eigenvalue weighted by molar-refractivity contribution is 5.53. The fourth-order valence-corrected chi connectivity index (χ4v) is 3.88. The SMILES string of the molecule is Cc1nc2c(c(N3CC(Cn4nc(C(C)(C)C)ccc4=O)C3)n1)CCC2. The largest absolute Gasteiger partial charge is 0.355 e. The van der Waals surface area contributed by atoms with E-state index in [2.05, 4.69) is 35.8 Å². The lowest BCUT2D eigenvalue weighted by atomic mass is 9.92. The van der Waals surface area contributed by atoms with Gasteiger partial charge in [-0.1, -0.05) is 20.8 Å². The maximum absolute atomic E-state index is 12.2. The normalized spacial score (nSPS) is 17.3. The third kappa shape index (κ3) is 3.13. The highest BCUT2D eigenvalue weighted by atomic mass is 16.1. The second-order valence-electron chi connectivity index (χ2n) is 8.63. The van der Waals surface area contributed by atoms with E-state index in [1.165, 1.54) is 17.7 Å². The van der Waals surface area contributed by atoms with Crippen molar-refractivity contribution < 1.29 is 0 Å². The fourth-order valence-electron chi connectivity index (χ4n) is 3.88. The van der Waals surface area contributed by atoms with Gasteiger partial charge in [0.05, 0.1) is 12.2 Å². The van der Waals surface area contributed by atoms with Gasteiger partial charge in [0.2, 0.25) is 0 Å². The van der Waals surface area contributed by atoms with E-state index in [1.54, 1.807) is 10.7 Å². The molecule has 6 nitrogen and oxygen atoms in total. The van der Waals surface area contributed by atoms with Gasteiger partial charge in [-0.05, 0) is 32.3 Å². The Morgan fingerprint density at radius 1 is 1.15 bits per heavy atom. The van der Waals surface area contributed by atoms with Crippen LogP contribution in [0.1, 0.15) is 50.0 Å². The summed E-state index contributed by atoms with van der Waals surface area (Å²) in [7, 11) is 0. The monoisotopic (exact) mass is 353 g/mol. The Hall–Kier alpha value is -2.24. The van der Waals surface area contributed by atoms with Crippen LogP contribution >= 0.6 is 0 Å². The Kier molecular flexibility index (Phi) is 4.09. The van der Waals surface area contributed by atoms with Crippen LogP contribution in [0.2, 0.25) is 0 Å². The highest BCUT2D eigenvalue weighted by Crippen LogP contribution is 2.33. The summed E-state index contributed by atoms with van der Waals surface area (Å²) in [4.78, 5) is 23.8. The van der Waals surface area contributed by atoms with Gasteiger partial charge in [0, 0.05) is 41.7 Å². The van der Waals surface area contributed by atoms with E-state index in [9.17, 15) is 4.79 Å². The first-order valence-electron chi connectivity index (χ1n) is 9.51. The Morgan fingerprint density at radius 2 is 1.92 bits per heavy atom. The molecule has 1 aliphatic carbocycles. The molecule has 0 unspecified atom stereocenters. The van der Waals surface area contributed by atoms with Gasteiger partial charge in [-0.15, -0.1) is 0 Å². The van der Waals surface area contributed by atoms with E-state index in [0.29, 0.717) is 12.5 Å². The molecule has 0 amide bonds. The lowest BCUT2D eigenvalue weighted by molar-refractivity contribution is 0.327. The van der Waals surface area contributed by atoms with Crippen LogP contribution in [-0.4, -0.2) is 32.8 Å². The van der Waals surface area contributed by atoms with E-state index in [1.807, 2.05) is 13.0 Å². The zero-order valence-corrected chi connectivity index (χ0v) is 16.1. The highest BCUT2D eigenvalue weighted by Gasteiger charge is 2.32. The smallest absolute Gasteiger partial charge is 0.266 e. The first-order chi connectivity index (χ1) is 12.3. The molecule has 2 aromatic rings. The van der Waals surface area contributed by atoms with Gasteiger partial charge in [0.1, 0.15) is 11.6 Å².